The maximum atomic E-state index is 11.8. The third-order valence-electron chi connectivity index (χ3n) is 2.03. The largest absolute Gasteiger partial charge is 0.383 e. The van der Waals surface area contributed by atoms with Gasteiger partial charge in [0.2, 0.25) is 0 Å². The van der Waals surface area contributed by atoms with Crippen LogP contribution in [-0.4, -0.2) is 56.9 Å². The van der Waals surface area contributed by atoms with Crippen molar-refractivity contribution in [3.05, 3.63) is 0 Å². The molecule has 0 spiro atoms. The fourth-order valence-corrected chi connectivity index (χ4v) is 5.36. The van der Waals surface area contributed by atoms with Gasteiger partial charge in [0.05, 0.1) is 13.2 Å². The lowest BCUT2D eigenvalue weighted by molar-refractivity contribution is -0.129. The third kappa shape index (κ3) is 4.88. The van der Waals surface area contributed by atoms with Gasteiger partial charge in [0.1, 0.15) is 10.5 Å². The van der Waals surface area contributed by atoms with Gasteiger partial charge in [-0.25, -0.2) is 18.9 Å². The fraction of sp³-hybridized carbons (Fsp3) is 1.00. The molecular weight excluding hydrogens is 328 g/mol. The maximum Gasteiger partial charge on any atom is 0.180 e. The van der Waals surface area contributed by atoms with E-state index in [2.05, 4.69) is 31.0 Å². The first-order valence-electron chi connectivity index (χ1n) is 4.38. The average molecular weight is 342 g/mol. The van der Waals surface area contributed by atoms with Crippen LogP contribution in [0.15, 0.2) is 0 Å². The Kier molecular flexibility index (Phi) is 8.16. The Morgan fingerprint density at radius 3 is 1.39 bits per heavy atom. The number of rotatable bonds is 9. The van der Waals surface area contributed by atoms with Crippen molar-refractivity contribution in [1.82, 2.24) is 0 Å². The molecule has 0 aromatic heterocycles. The van der Waals surface area contributed by atoms with Crippen LogP contribution >= 0.6 is 0 Å². The van der Waals surface area contributed by atoms with E-state index in [0.29, 0.717) is 0 Å². The van der Waals surface area contributed by atoms with Crippen molar-refractivity contribution in [2.24, 2.45) is 0 Å². The van der Waals surface area contributed by atoms with Crippen molar-refractivity contribution in [1.29, 1.82) is 0 Å². The van der Waals surface area contributed by atoms with Gasteiger partial charge in [-0.1, -0.05) is 0 Å². The molecule has 0 saturated carbocycles. The molecule has 0 bridgehead atoms. The van der Waals surface area contributed by atoms with E-state index in [1.54, 1.807) is 0 Å². The highest BCUT2D eigenvalue weighted by Crippen LogP contribution is 2.18. The van der Waals surface area contributed by atoms with E-state index in [9.17, 15) is 8.42 Å². The van der Waals surface area contributed by atoms with Crippen LogP contribution in [-0.2, 0) is 58.1 Å². The summed E-state index contributed by atoms with van der Waals surface area (Å²) in [5, 5.41) is 14.6. The molecule has 12 heteroatoms. The first-order chi connectivity index (χ1) is 8.26. The van der Waals surface area contributed by atoms with Gasteiger partial charge < -0.3 is 9.47 Å². The minimum Gasteiger partial charge on any atom is -0.383 e. The summed E-state index contributed by atoms with van der Waals surface area (Å²) >= 11 is 9.10. The molecule has 8 nitrogen and oxygen atoms in total. The van der Waals surface area contributed by atoms with Crippen LogP contribution < -0.4 is 0 Å². The van der Waals surface area contributed by atoms with Crippen molar-refractivity contribution in [2.75, 3.05) is 27.4 Å². The summed E-state index contributed by atoms with van der Waals surface area (Å²) in [5.41, 5.74) is 0. The van der Waals surface area contributed by atoms with Gasteiger partial charge in [0.15, 0.2) is 17.5 Å². The van der Waals surface area contributed by atoms with Gasteiger partial charge in [-0.2, -0.15) is 0 Å². The highest BCUT2D eigenvalue weighted by atomic mass is 32.8. The van der Waals surface area contributed by atoms with Gasteiger partial charge in [0.25, 0.3) is 0 Å². The molecule has 0 saturated heterocycles. The summed E-state index contributed by atoms with van der Waals surface area (Å²) in [6.07, 6.45) is 0. The molecule has 0 aliphatic heterocycles. The average Bonchev–Trinajstić information content (AvgIpc) is 2.33. The summed E-state index contributed by atoms with van der Waals surface area (Å²) in [5.74, 6) is 0. The van der Waals surface area contributed by atoms with Crippen LogP contribution in [0.4, 0.5) is 0 Å². The Bertz CT molecular complexity index is 387. The maximum absolute atomic E-state index is 11.8. The molecule has 4 atom stereocenters. The zero-order valence-electron chi connectivity index (χ0n) is 9.55. The monoisotopic (exact) mass is 342 g/mol. The molecule has 18 heavy (non-hydrogen) atoms. The van der Waals surface area contributed by atoms with E-state index >= 15 is 0 Å². The second-order valence-corrected chi connectivity index (χ2v) is 9.39. The highest BCUT2D eigenvalue weighted by molar-refractivity contribution is 8.33. The zero-order chi connectivity index (χ0) is 14.4. The predicted octanol–water partition coefficient (Wildman–Crippen LogP) is -0.682. The summed E-state index contributed by atoms with van der Waals surface area (Å²) in [6, 6.07) is 0. The van der Waals surface area contributed by atoms with Crippen LogP contribution in [0.5, 0.6) is 0 Å². The lowest BCUT2D eigenvalue weighted by atomic mass is 10.3. The minimum absolute atomic E-state index is 0.284. The Morgan fingerprint density at radius 1 is 0.944 bits per heavy atom. The topological polar surface area (TPSA) is 112 Å². The summed E-state index contributed by atoms with van der Waals surface area (Å²) < 4.78 is 40.6. The Balaban J connectivity index is 5.52. The molecule has 0 heterocycles. The van der Waals surface area contributed by atoms with Crippen molar-refractivity contribution in [3.8, 4) is 0 Å². The number of methoxy groups -OCH3 is 2. The Morgan fingerprint density at radius 2 is 1.22 bits per heavy atom. The molecular formula is C6H14O8S4. The van der Waals surface area contributed by atoms with Crippen molar-refractivity contribution < 1.29 is 37.1 Å². The highest BCUT2D eigenvalue weighted by Gasteiger charge is 2.39. The smallest absolute Gasteiger partial charge is 0.180 e. The van der Waals surface area contributed by atoms with E-state index in [4.69, 9.17) is 20.0 Å². The second kappa shape index (κ2) is 7.94. The SMILES string of the molecule is COCC(C(COC)S(=O)(=S)OO)S(=O)(=S)OO. The van der Waals surface area contributed by atoms with Gasteiger partial charge in [-0.3, -0.25) is 0 Å². The van der Waals surface area contributed by atoms with Crippen LogP contribution in [0.2, 0.25) is 0 Å². The molecule has 0 amide bonds. The van der Waals surface area contributed by atoms with E-state index < -0.39 is 28.0 Å². The van der Waals surface area contributed by atoms with E-state index in [1.165, 1.54) is 14.2 Å². The first kappa shape index (κ1) is 18.5. The Hall–Kier alpha value is 0.500. The molecule has 0 aliphatic rings. The standard InChI is InChI=1S/C6H14O8S4/c1-11-3-5(17(9,15)13-7)6(4-12-2)18(10,16)14-8/h5-8H,3-4H2,1-2H3. The molecule has 0 rings (SSSR count). The number of hydrogen-bond acceptors (Lipinski definition) is 10. The first-order valence-corrected chi connectivity index (χ1v) is 9.32. The predicted molar refractivity (Wildman–Crippen MR) is 69.8 cm³/mol. The second-order valence-electron chi connectivity index (χ2n) is 3.12. The summed E-state index contributed by atoms with van der Waals surface area (Å²) in [4.78, 5) is 0. The molecule has 0 aromatic carbocycles. The normalized spacial score (nSPS) is 21.8. The van der Waals surface area contributed by atoms with E-state index in [1.807, 2.05) is 0 Å². The van der Waals surface area contributed by atoms with Crippen LogP contribution in [0.3, 0.4) is 0 Å². The van der Waals surface area contributed by atoms with E-state index in [0.717, 1.165) is 0 Å². The van der Waals surface area contributed by atoms with Crippen molar-refractivity contribution in [3.63, 3.8) is 0 Å². The molecule has 0 fully saturated rings. The lowest BCUT2D eigenvalue weighted by Crippen LogP contribution is -2.45. The summed E-state index contributed by atoms with van der Waals surface area (Å²) in [6.45, 7) is -0.568. The lowest BCUT2D eigenvalue weighted by Gasteiger charge is -2.25. The minimum atomic E-state index is -3.69. The molecule has 110 valence electrons. The van der Waals surface area contributed by atoms with Crippen molar-refractivity contribution >= 4 is 39.9 Å². The zero-order valence-corrected chi connectivity index (χ0v) is 12.8. The van der Waals surface area contributed by atoms with Gasteiger partial charge in [-0.15, -0.1) is 8.67 Å². The third-order valence-corrected chi connectivity index (χ3v) is 6.87. The molecule has 0 radical (unpaired) electrons. The molecule has 0 aliphatic carbocycles. The summed E-state index contributed by atoms with van der Waals surface area (Å²) in [7, 11) is -4.84. The van der Waals surface area contributed by atoms with Crippen molar-refractivity contribution in [2.45, 2.75) is 10.5 Å². The van der Waals surface area contributed by atoms with Gasteiger partial charge in [-0.05, 0) is 0 Å². The molecule has 4 unspecified atom stereocenters. The molecule has 0 aromatic rings. The van der Waals surface area contributed by atoms with Crippen LogP contribution in [0, 0.1) is 0 Å². The molecule has 2 N–H and O–H groups in total. The van der Waals surface area contributed by atoms with Crippen LogP contribution in [0.25, 0.3) is 0 Å². The fourth-order valence-electron chi connectivity index (χ4n) is 1.19. The Labute approximate surface area is 115 Å². The van der Waals surface area contributed by atoms with Crippen LogP contribution in [0.1, 0.15) is 0 Å². The van der Waals surface area contributed by atoms with E-state index in [-0.39, 0.29) is 13.2 Å². The number of hydrogen-bond donors (Lipinski definition) is 2. The van der Waals surface area contributed by atoms with Gasteiger partial charge >= 0.3 is 0 Å². The quantitative estimate of drug-likeness (QED) is 0.413. The number of ether oxygens (including phenoxy) is 2. The van der Waals surface area contributed by atoms with Gasteiger partial charge in [0, 0.05) is 36.6 Å².